The van der Waals surface area contributed by atoms with E-state index in [1.165, 1.54) is 0 Å². The van der Waals surface area contributed by atoms with Gasteiger partial charge in [0.2, 0.25) is 0 Å². The zero-order valence-corrected chi connectivity index (χ0v) is 7.55. The lowest BCUT2D eigenvalue weighted by molar-refractivity contribution is -0.154. The quantitative estimate of drug-likeness (QED) is 0.625. The molecular weight excluding hydrogens is 144 g/mol. The average molecular weight is 160 g/mol. The van der Waals surface area contributed by atoms with Crippen LogP contribution in [0.3, 0.4) is 0 Å². The SMILES string of the molecule is CCOC(=O)[C@@H](C)C(C)(C)O. The van der Waals surface area contributed by atoms with E-state index in [4.69, 9.17) is 4.74 Å². The molecule has 0 aromatic heterocycles. The first-order valence-corrected chi connectivity index (χ1v) is 3.78. The first kappa shape index (κ1) is 10.4. The van der Waals surface area contributed by atoms with Crippen molar-refractivity contribution >= 4 is 5.97 Å². The molecule has 0 rings (SSSR count). The van der Waals surface area contributed by atoms with Crippen LogP contribution in [-0.2, 0) is 9.53 Å². The summed E-state index contributed by atoms with van der Waals surface area (Å²) in [5.74, 6) is -0.817. The topological polar surface area (TPSA) is 46.5 Å². The molecule has 0 aliphatic carbocycles. The van der Waals surface area contributed by atoms with Crippen LogP contribution in [-0.4, -0.2) is 23.3 Å². The lowest BCUT2D eigenvalue weighted by atomic mass is 9.93. The van der Waals surface area contributed by atoms with E-state index in [1.54, 1.807) is 27.7 Å². The molecule has 0 amide bonds. The molecule has 3 nitrogen and oxygen atoms in total. The van der Waals surface area contributed by atoms with E-state index >= 15 is 0 Å². The number of aliphatic hydroxyl groups is 1. The second-order valence-electron chi connectivity index (χ2n) is 3.13. The minimum Gasteiger partial charge on any atom is -0.466 e. The Kier molecular flexibility index (Phi) is 3.52. The molecule has 11 heavy (non-hydrogen) atoms. The molecule has 0 aliphatic heterocycles. The van der Waals surface area contributed by atoms with Crippen LogP contribution in [0.15, 0.2) is 0 Å². The Bertz CT molecular complexity index is 135. The Balaban J connectivity index is 4.03. The minimum absolute atomic E-state index is 0.347. The van der Waals surface area contributed by atoms with E-state index in [-0.39, 0.29) is 5.97 Å². The van der Waals surface area contributed by atoms with Gasteiger partial charge in [0.15, 0.2) is 0 Å². The van der Waals surface area contributed by atoms with Crippen LogP contribution >= 0.6 is 0 Å². The van der Waals surface area contributed by atoms with Gasteiger partial charge in [-0.1, -0.05) is 0 Å². The van der Waals surface area contributed by atoms with Crippen LogP contribution in [0.25, 0.3) is 0 Å². The summed E-state index contributed by atoms with van der Waals surface area (Å²) in [5, 5.41) is 9.38. The number of carbonyl (C=O) groups is 1. The largest absolute Gasteiger partial charge is 0.466 e. The zero-order valence-electron chi connectivity index (χ0n) is 7.55. The summed E-state index contributed by atoms with van der Waals surface area (Å²) in [4.78, 5) is 11.0. The maximum Gasteiger partial charge on any atom is 0.311 e. The summed E-state index contributed by atoms with van der Waals surface area (Å²) in [6, 6.07) is 0. The zero-order chi connectivity index (χ0) is 9.07. The Morgan fingerprint density at radius 3 is 2.36 bits per heavy atom. The van der Waals surface area contributed by atoms with E-state index in [0.717, 1.165) is 0 Å². The van der Waals surface area contributed by atoms with Crippen LogP contribution in [0.5, 0.6) is 0 Å². The average Bonchev–Trinajstić information content (AvgIpc) is 1.85. The molecule has 66 valence electrons. The molecule has 1 N–H and O–H groups in total. The molecule has 0 aliphatic rings. The van der Waals surface area contributed by atoms with Gasteiger partial charge in [-0.3, -0.25) is 4.79 Å². The van der Waals surface area contributed by atoms with Gasteiger partial charge in [-0.2, -0.15) is 0 Å². The molecule has 0 fully saturated rings. The third-order valence-electron chi connectivity index (χ3n) is 1.70. The number of hydrogen-bond donors (Lipinski definition) is 1. The molecule has 0 bridgehead atoms. The van der Waals surface area contributed by atoms with Crippen molar-refractivity contribution in [2.45, 2.75) is 33.3 Å². The van der Waals surface area contributed by atoms with Gasteiger partial charge in [-0.05, 0) is 27.7 Å². The van der Waals surface area contributed by atoms with E-state index in [2.05, 4.69) is 0 Å². The maximum absolute atomic E-state index is 11.0. The monoisotopic (exact) mass is 160 g/mol. The predicted octanol–water partition coefficient (Wildman–Crippen LogP) is 0.956. The highest BCUT2D eigenvalue weighted by atomic mass is 16.5. The minimum atomic E-state index is -0.994. The van der Waals surface area contributed by atoms with Gasteiger partial charge in [-0.25, -0.2) is 0 Å². The number of rotatable bonds is 3. The summed E-state index contributed by atoms with van der Waals surface area (Å²) in [6.45, 7) is 6.94. The van der Waals surface area contributed by atoms with Gasteiger partial charge in [0.1, 0.15) is 0 Å². The molecule has 1 atom stereocenters. The van der Waals surface area contributed by atoms with Crippen LogP contribution < -0.4 is 0 Å². The normalized spacial score (nSPS) is 14.3. The molecular formula is C8H16O3. The lowest BCUT2D eigenvalue weighted by Gasteiger charge is -2.23. The van der Waals surface area contributed by atoms with Crippen molar-refractivity contribution in [3.63, 3.8) is 0 Å². The van der Waals surface area contributed by atoms with Crippen molar-refractivity contribution in [2.24, 2.45) is 5.92 Å². The molecule has 0 radical (unpaired) electrons. The van der Waals surface area contributed by atoms with Crippen LogP contribution in [0.4, 0.5) is 0 Å². The predicted molar refractivity (Wildman–Crippen MR) is 42.1 cm³/mol. The van der Waals surface area contributed by atoms with E-state index < -0.39 is 11.5 Å². The highest BCUT2D eigenvalue weighted by Crippen LogP contribution is 2.16. The van der Waals surface area contributed by atoms with Crippen LogP contribution in [0.2, 0.25) is 0 Å². The Labute approximate surface area is 67.4 Å². The van der Waals surface area contributed by atoms with Crippen molar-refractivity contribution in [1.82, 2.24) is 0 Å². The Morgan fingerprint density at radius 2 is 2.09 bits per heavy atom. The van der Waals surface area contributed by atoms with E-state index in [1.807, 2.05) is 0 Å². The second kappa shape index (κ2) is 3.72. The molecule has 0 heterocycles. The molecule has 0 saturated heterocycles. The molecule has 3 heteroatoms. The van der Waals surface area contributed by atoms with Gasteiger partial charge in [0.25, 0.3) is 0 Å². The summed E-state index contributed by atoms with van der Waals surface area (Å²) >= 11 is 0. The van der Waals surface area contributed by atoms with Gasteiger partial charge in [0, 0.05) is 0 Å². The summed E-state index contributed by atoms with van der Waals surface area (Å²) in [5.41, 5.74) is -0.994. The van der Waals surface area contributed by atoms with Gasteiger partial charge in [-0.15, -0.1) is 0 Å². The molecule has 0 unspecified atom stereocenters. The standard InChI is InChI=1S/C8H16O3/c1-5-11-7(9)6(2)8(3,4)10/h6,10H,5H2,1-4H3/t6-/m1/s1. The lowest BCUT2D eigenvalue weighted by Crippen LogP contribution is -2.35. The third kappa shape index (κ3) is 3.37. The molecule has 0 aromatic rings. The van der Waals surface area contributed by atoms with Crippen molar-refractivity contribution in [1.29, 1.82) is 0 Å². The van der Waals surface area contributed by atoms with E-state index in [0.29, 0.717) is 6.61 Å². The molecule has 0 spiro atoms. The van der Waals surface area contributed by atoms with Crippen molar-refractivity contribution < 1.29 is 14.6 Å². The van der Waals surface area contributed by atoms with Crippen LogP contribution in [0, 0.1) is 5.92 Å². The van der Waals surface area contributed by atoms with Gasteiger partial charge in [0.05, 0.1) is 18.1 Å². The second-order valence-corrected chi connectivity index (χ2v) is 3.13. The Hall–Kier alpha value is -0.570. The van der Waals surface area contributed by atoms with Gasteiger partial charge < -0.3 is 9.84 Å². The summed E-state index contributed by atoms with van der Waals surface area (Å²) in [7, 11) is 0. The number of ether oxygens (including phenoxy) is 1. The third-order valence-corrected chi connectivity index (χ3v) is 1.70. The fourth-order valence-electron chi connectivity index (χ4n) is 0.556. The van der Waals surface area contributed by atoms with Crippen molar-refractivity contribution in [3.05, 3.63) is 0 Å². The van der Waals surface area contributed by atoms with Crippen molar-refractivity contribution in [3.8, 4) is 0 Å². The first-order chi connectivity index (χ1) is 4.89. The summed E-state index contributed by atoms with van der Waals surface area (Å²) < 4.78 is 4.73. The first-order valence-electron chi connectivity index (χ1n) is 3.78. The highest BCUT2D eigenvalue weighted by Gasteiger charge is 2.29. The van der Waals surface area contributed by atoms with Crippen molar-refractivity contribution in [2.75, 3.05) is 6.61 Å². The maximum atomic E-state index is 11.0. The van der Waals surface area contributed by atoms with Gasteiger partial charge >= 0.3 is 5.97 Å². The van der Waals surface area contributed by atoms with Crippen LogP contribution in [0.1, 0.15) is 27.7 Å². The number of hydrogen-bond acceptors (Lipinski definition) is 3. The summed E-state index contributed by atoms with van der Waals surface area (Å²) in [6.07, 6.45) is 0. The Morgan fingerprint density at radius 1 is 1.64 bits per heavy atom. The fourth-order valence-corrected chi connectivity index (χ4v) is 0.556. The highest BCUT2D eigenvalue weighted by molar-refractivity contribution is 5.73. The fraction of sp³-hybridized carbons (Fsp3) is 0.875. The number of carbonyl (C=O) groups excluding carboxylic acids is 1. The molecule has 0 saturated carbocycles. The molecule has 0 aromatic carbocycles. The smallest absolute Gasteiger partial charge is 0.311 e. The van der Waals surface area contributed by atoms with E-state index in [9.17, 15) is 9.90 Å². The number of esters is 1.